The van der Waals surface area contributed by atoms with Crippen molar-refractivity contribution >= 4 is 15.9 Å². The smallest absolute Gasteiger partial charge is 0.242 e. The van der Waals surface area contributed by atoms with E-state index in [0.29, 0.717) is 18.7 Å². The summed E-state index contributed by atoms with van der Waals surface area (Å²) in [6.07, 6.45) is 1.53. The van der Waals surface area contributed by atoms with E-state index in [-0.39, 0.29) is 23.8 Å². The second kappa shape index (κ2) is 10.2. The summed E-state index contributed by atoms with van der Waals surface area (Å²) < 4.78 is 31.4. The van der Waals surface area contributed by atoms with Gasteiger partial charge in [-0.05, 0) is 55.2 Å². The number of rotatable bonds is 10. The number of nitrogens with one attached hydrogen (secondary N) is 1. The van der Waals surface area contributed by atoms with E-state index in [2.05, 4.69) is 24.4 Å². The van der Waals surface area contributed by atoms with E-state index in [1.807, 2.05) is 12.1 Å². The molecule has 2 aromatic rings. The molecule has 2 aromatic carbocycles. The zero-order valence-electron chi connectivity index (χ0n) is 16.6. The maximum atomic E-state index is 12.6. The molecule has 0 spiro atoms. The Morgan fingerprint density at radius 2 is 1.79 bits per heavy atom. The third-order valence-electron chi connectivity index (χ3n) is 4.62. The number of hydrogen-bond acceptors (Lipinski definition) is 4. The number of hydrogen-bond donors (Lipinski definition) is 1. The largest absolute Gasteiger partial charge is 0.497 e. The maximum absolute atomic E-state index is 12.6. The van der Waals surface area contributed by atoms with E-state index >= 15 is 0 Å². The van der Waals surface area contributed by atoms with Crippen molar-refractivity contribution in [2.24, 2.45) is 0 Å². The van der Waals surface area contributed by atoms with Gasteiger partial charge in [0.25, 0.3) is 0 Å². The Morgan fingerprint density at radius 3 is 2.43 bits per heavy atom. The summed E-state index contributed by atoms with van der Waals surface area (Å²) in [6.45, 7) is 2.90. The Kier molecular flexibility index (Phi) is 8.02. The molecule has 28 heavy (non-hydrogen) atoms. The summed E-state index contributed by atoms with van der Waals surface area (Å²) in [5, 5.41) is 2.89. The lowest BCUT2D eigenvalue weighted by atomic mass is 10.1. The van der Waals surface area contributed by atoms with E-state index < -0.39 is 10.0 Å². The van der Waals surface area contributed by atoms with Gasteiger partial charge in [0, 0.05) is 26.6 Å². The zero-order valence-corrected chi connectivity index (χ0v) is 17.5. The highest BCUT2D eigenvalue weighted by atomic mass is 32.2. The molecule has 2 rings (SSSR count). The molecule has 152 valence electrons. The highest BCUT2D eigenvalue weighted by molar-refractivity contribution is 7.89. The van der Waals surface area contributed by atoms with Crippen LogP contribution in [0.4, 0.5) is 0 Å². The van der Waals surface area contributed by atoms with Gasteiger partial charge in [-0.2, -0.15) is 0 Å². The molecule has 0 aliphatic rings. The normalized spacial score (nSPS) is 11.4. The minimum atomic E-state index is -3.57. The van der Waals surface area contributed by atoms with Crippen molar-refractivity contribution in [2.75, 3.05) is 27.2 Å². The molecule has 0 atom stereocenters. The molecule has 0 saturated carbocycles. The number of ether oxygens (including phenoxy) is 1. The van der Waals surface area contributed by atoms with Gasteiger partial charge in [-0.3, -0.25) is 4.79 Å². The first kappa shape index (κ1) is 21.9. The van der Waals surface area contributed by atoms with Crippen LogP contribution in [0.3, 0.4) is 0 Å². The summed E-state index contributed by atoms with van der Waals surface area (Å²) in [7, 11) is -0.521. The highest BCUT2D eigenvalue weighted by Crippen LogP contribution is 2.18. The molecule has 0 aromatic heterocycles. The zero-order chi connectivity index (χ0) is 20.6. The quantitative estimate of drug-likeness (QED) is 0.661. The van der Waals surface area contributed by atoms with Gasteiger partial charge in [0.2, 0.25) is 15.9 Å². The number of methoxy groups -OCH3 is 1. The second-order valence-corrected chi connectivity index (χ2v) is 8.68. The van der Waals surface area contributed by atoms with Crippen LogP contribution in [0.25, 0.3) is 0 Å². The van der Waals surface area contributed by atoms with Crippen LogP contribution in [0.1, 0.15) is 24.0 Å². The average Bonchev–Trinajstić information content (AvgIpc) is 2.69. The van der Waals surface area contributed by atoms with Crippen molar-refractivity contribution in [3.05, 3.63) is 59.7 Å². The SMILES string of the molecule is COc1ccc(S(=O)(=O)N(C)CCCC(=O)NCCc2ccccc2C)cc1. The standard InChI is InChI=1S/C21H28N2O4S/c1-17-7-4-5-8-18(17)14-15-22-21(24)9-6-16-23(2)28(25,26)20-12-10-19(27-3)11-13-20/h4-5,7-8,10-13H,6,9,14-16H2,1-3H3,(H,22,24). The fourth-order valence-electron chi connectivity index (χ4n) is 2.83. The van der Waals surface area contributed by atoms with Crippen LogP contribution in [0.15, 0.2) is 53.4 Å². The first-order valence-corrected chi connectivity index (χ1v) is 10.7. The predicted molar refractivity (Wildman–Crippen MR) is 110 cm³/mol. The fraction of sp³-hybridized carbons (Fsp3) is 0.381. The summed E-state index contributed by atoms with van der Waals surface area (Å²) in [5.41, 5.74) is 2.43. The molecule has 6 nitrogen and oxygen atoms in total. The third kappa shape index (κ3) is 6.07. The number of sulfonamides is 1. The average molecular weight is 405 g/mol. The molecule has 0 aliphatic heterocycles. The van der Waals surface area contributed by atoms with Gasteiger partial charge in [-0.25, -0.2) is 12.7 Å². The second-order valence-electron chi connectivity index (χ2n) is 6.63. The van der Waals surface area contributed by atoms with Crippen molar-refractivity contribution in [2.45, 2.75) is 31.1 Å². The maximum Gasteiger partial charge on any atom is 0.242 e. The lowest BCUT2D eigenvalue weighted by molar-refractivity contribution is -0.121. The van der Waals surface area contributed by atoms with E-state index in [4.69, 9.17) is 4.74 Å². The van der Waals surface area contributed by atoms with Crippen molar-refractivity contribution in [1.29, 1.82) is 0 Å². The Balaban J connectivity index is 1.75. The van der Waals surface area contributed by atoms with Gasteiger partial charge < -0.3 is 10.1 Å². The predicted octanol–water partition coefficient (Wildman–Crippen LogP) is 2.76. The van der Waals surface area contributed by atoms with E-state index in [1.165, 1.54) is 41.7 Å². The van der Waals surface area contributed by atoms with Gasteiger partial charge in [0.15, 0.2) is 0 Å². The molecule has 0 radical (unpaired) electrons. The lowest BCUT2D eigenvalue weighted by Crippen LogP contribution is -2.30. The monoisotopic (exact) mass is 404 g/mol. The van der Waals surface area contributed by atoms with E-state index in [0.717, 1.165) is 6.42 Å². The molecule has 0 bridgehead atoms. The van der Waals surface area contributed by atoms with Crippen molar-refractivity contribution < 1.29 is 17.9 Å². The van der Waals surface area contributed by atoms with Crippen LogP contribution in [-0.2, 0) is 21.2 Å². The van der Waals surface area contributed by atoms with Crippen molar-refractivity contribution in [3.63, 3.8) is 0 Å². The first-order chi connectivity index (χ1) is 13.3. The molecular formula is C21H28N2O4S. The van der Waals surface area contributed by atoms with Crippen LogP contribution < -0.4 is 10.1 Å². The molecule has 0 fully saturated rings. The number of nitrogens with zero attached hydrogens (tertiary/aromatic N) is 1. The third-order valence-corrected chi connectivity index (χ3v) is 6.49. The van der Waals surface area contributed by atoms with Gasteiger partial charge in [-0.1, -0.05) is 24.3 Å². The molecule has 0 heterocycles. The number of carbonyl (C=O) groups excluding carboxylic acids is 1. The molecule has 0 saturated heterocycles. The minimum Gasteiger partial charge on any atom is -0.497 e. The van der Waals surface area contributed by atoms with Crippen LogP contribution in [0.2, 0.25) is 0 Å². The van der Waals surface area contributed by atoms with E-state index in [1.54, 1.807) is 12.1 Å². The summed E-state index contributed by atoms with van der Waals surface area (Å²) in [5.74, 6) is 0.535. The summed E-state index contributed by atoms with van der Waals surface area (Å²) >= 11 is 0. The molecule has 7 heteroatoms. The number of amides is 1. The van der Waals surface area contributed by atoms with Crippen molar-refractivity contribution in [1.82, 2.24) is 9.62 Å². The summed E-state index contributed by atoms with van der Waals surface area (Å²) in [6, 6.07) is 14.4. The van der Waals surface area contributed by atoms with Gasteiger partial charge in [-0.15, -0.1) is 0 Å². The Bertz CT molecular complexity index is 880. The van der Waals surface area contributed by atoms with Crippen LogP contribution in [0, 0.1) is 6.92 Å². The topological polar surface area (TPSA) is 75.7 Å². The van der Waals surface area contributed by atoms with Crippen molar-refractivity contribution in [3.8, 4) is 5.75 Å². The van der Waals surface area contributed by atoms with E-state index in [9.17, 15) is 13.2 Å². The molecule has 0 aliphatic carbocycles. The molecule has 1 N–H and O–H groups in total. The van der Waals surface area contributed by atoms with Gasteiger partial charge in [0.1, 0.15) is 5.75 Å². The van der Waals surface area contributed by atoms with Crippen LogP contribution in [0.5, 0.6) is 5.75 Å². The number of aryl methyl sites for hydroxylation is 1. The number of benzene rings is 2. The fourth-order valence-corrected chi connectivity index (χ4v) is 4.04. The Hall–Kier alpha value is -2.38. The molecule has 0 unspecified atom stereocenters. The van der Waals surface area contributed by atoms with Gasteiger partial charge >= 0.3 is 0 Å². The van der Waals surface area contributed by atoms with Crippen LogP contribution in [-0.4, -0.2) is 45.9 Å². The Labute approximate surface area is 167 Å². The summed E-state index contributed by atoms with van der Waals surface area (Å²) in [4.78, 5) is 12.2. The lowest BCUT2D eigenvalue weighted by Gasteiger charge is -2.17. The van der Waals surface area contributed by atoms with Gasteiger partial charge in [0.05, 0.1) is 12.0 Å². The van der Waals surface area contributed by atoms with Crippen LogP contribution >= 0.6 is 0 Å². The first-order valence-electron chi connectivity index (χ1n) is 9.26. The minimum absolute atomic E-state index is 0.0659. The number of carbonyl (C=O) groups is 1. The molecular weight excluding hydrogens is 376 g/mol. The Morgan fingerprint density at radius 1 is 1.11 bits per heavy atom. The molecule has 1 amide bonds. The highest BCUT2D eigenvalue weighted by Gasteiger charge is 2.20.